The lowest BCUT2D eigenvalue weighted by Gasteiger charge is -2.10. The Hall–Kier alpha value is -2.04. The Kier molecular flexibility index (Phi) is 6.25. The van der Waals surface area contributed by atoms with Gasteiger partial charge in [0.1, 0.15) is 5.75 Å². The normalized spacial score (nSPS) is 14.7. The summed E-state index contributed by atoms with van der Waals surface area (Å²) in [5.41, 5.74) is 5.96. The van der Waals surface area contributed by atoms with Crippen molar-refractivity contribution in [2.75, 3.05) is 13.2 Å². The zero-order valence-corrected chi connectivity index (χ0v) is 12.8. The Morgan fingerprint density at radius 1 is 1.18 bits per heavy atom. The molecule has 1 aliphatic carbocycles. The van der Waals surface area contributed by atoms with Gasteiger partial charge in [0, 0.05) is 6.54 Å². The van der Waals surface area contributed by atoms with Gasteiger partial charge in [-0.05, 0) is 30.0 Å². The van der Waals surface area contributed by atoms with Gasteiger partial charge in [-0.2, -0.15) is 0 Å². The summed E-state index contributed by atoms with van der Waals surface area (Å²) >= 11 is 0. The summed E-state index contributed by atoms with van der Waals surface area (Å²) in [5.74, 6) is 0.924. The van der Waals surface area contributed by atoms with Gasteiger partial charge < -0.3 is 15.8 Å². The van der Waals surface area contributed by atoms with Gasteiger partial charge in [-0.15, -0.1) is 0 Å². The van der Waals surface area contributed by atoms with Crippen LogP contribution in [0.4, 0.5) is 0 Å². The van der Waals surface area contributed by atoms with Crippen LogP contribution in [0.5, 0.6) is 5.75 Å². The molecular formula is C17H24N2O3. The maximum absolute atomic E-state index is 11.7. The second-order valence-electron chi connectivity index (χ2n) is 5.86. The first-order chi connectivity index (χ1) is 10.6. The number of amides is 2. The molecule has 0 saturated heterocycles. The number of ether oxygens (including phenoxy) is 1. The Morgan fingerprint density at radius 2 is 1.86 bits per heavy atom. The van der Waals surface area contributed by atoms with E-state index in [9.17, 15) is 9.59 Å². The molecule has 1 aliphatic rings. The summed E-state index contributed by atoms with van der Waals surface area (Å²) in [6.45, 7) is 0.740. The molecule has 3 N–H and O–H groups in total. The van der Waals surface area contributed by atoms with Gasteiger partial charge in [0.2, 0.25) is 5.91 Å². The van der Waals surface area contributed by atoms with Gasteiger partial charge in [-0.1, -0.05) is 37.8 Å². The molecule has 5 heteroatoms. The van der Waals surface area contributed by atoms with Crippen LogP contribution in [0.2, 0.25) is 0 Å². The second-order valence-corrected chi connectivity index (χ2v) is 5.86. The topological polar surface area (TPSA) is 81.4 Å². The lowest BCUT2D eigenvalue weighted by molar-refractivity contribution is -0.123. The van der Waals surface area contributed by atoms with E-state index in [1.54, 1.807) is 24.3 Å². The summed E-state index contributed by atoms with van der Waals surface area (Å²) in [6.07, 6.45) is 6.52. The molecule has 120 valence electrons. The van der Waals surface area contributed by atoms with Crippen LogP contribution in [-0.2, 0) is 16.0 Å². The molecule has 22 heavy (non-hydrogen) atoms. The van der Waals surface area contributed by atoms with E-state index in [-0.39, 0.29) is 24.8 Å². The van der Waals surface area contributed by atoms with Crippen molar-refractivity contribution in [1.82, 2.24) is 5.32 Å². The molecule has 0 radical (unpaired) electrons. The highest BCUT2D eigenvalue weighted by atomic mass is 16.5. The first-order valence-electron chi connectivity index (χ1n) is 7.90. The number of rotatable bonds is 8. The maximum Gasteiger partial charge on any atom is 0.257 e. The molecule has 2 rings (SSSR count). The third kappa shape index (κ3) is 5.76. The average molecular weight is 304 g/mol. The number of hydrogen-bond donors (Lipinski definition) is 2. The molecular weight excluding hydrogens is 280 g/mol. The minimum absolute atomic E-state index is 0.0137. The van der Waals surface area contributed by atoms with E-state index in [4.69, 9.17) is 10.5 Å². The van der Waals surface area contributed by atoms with Gasteiger partial charge >= 0.3 is 0 Å². The standard InChI is InChI=1S/C17H24N2O3/c18-16(20)11-14-5-7-15(8-6-14)22-12-17(21)19-10-9-13-3-1-2-4-13/h5-8,13H,1-4,9-12H2,(H2,18,20)(H,19,21). The van der Waals surface area contributed by atoms with Gasteiger partial charge in [0.25, 0.3) is 5.91 Å². The third-order valence-corrected chi connectivity index (χ3v) is 4.02. The number of carbonyl (C=O) groups excluding carboxylic acids is 2. The van der Waals surface area contributed by atoms with Crippen molar-refractivity contribution in [1.29, 1.82) is 0 Å². The van der Waals surface area contributed by atoms with Crippen LogP contribution in [0, 0.1) is 5.92 Å². The van der Waals surface area contributed by atoms with Crippen LogP contribution in [0.1, 0.15) is 37.7 Å². The smallest absolute Gasteiger partial charge is 0.257 e. The van der Waals surface area contributed by atoms with Gasteiger partial charge in [-0.25, -0.2) is 0 Å². The van der Waals surface area contributed by atoms with Crippen LogP contribution in [0.25, 0.3) is 0 Å². The zero-order valence-electron chi connectivity index (χ0n) is 12.8. The van der Waals surface area contributed by atoms with E-state index in [0.29, 0.717) is 5.75 Å². The SMILES string of the molecule is NC(=O)Cc1ccc(OCC(=O)NCCC2CCCC2)cc1. The van der Waals surface area contributed by atoms with E-state index in [2.05, 4.69) is 5.32 Å². The number of hydrogen-bond acceptors (Lipinski definition) is 3. The van der Waals surface area contributed by atoms with Crippen LogP contribution < -0.4 is 15.8 Å². The van der Waals surface area contributed by atoms with Crippen molar-refractivity contribution in [2.45, 2.75) is 38.5 Å². The molecule has 5 nitrogen and oxygen atoms in total. The molecule has 1 fully saturated rings. The molecule has 0 unspecified atom stereocenters. The number of nitrogens with two attached hydrogens (primary N) is 1. The fourth-order valence-electron chi connectivity index (χ4n) is 2.82. The number of benzene rings is 1. The molecule has 0 aromatic heterocycles. The minimum atomic E-state index is -0.365. The van der Waals surface area contributed by atoms with Crippen molar-refractivity contribution in [3.05, 3.63) is 29.8 Å². The molecule has 0 aliphatic heterocycles. The van der Waals surface area contributed by atoms with E-state index >= 15 is 0 Å². The maximum atomic E-state index is 11.7. The lowest BCUT2D eigenvalue weighted by Crippen LogP contribution is -2.30. The first kappa shape index (κ1) is 16.3. The Labute approximate surface area is 131 Å². The van der Waals surface area contributed by atoms with Crippen molar-refractivity contribution in [2.24, 2.45) is 11.7 Å². The van der Waals surface area contributed by atoms with Crippen LogP contribution in [0.3, 0.4) is 0 Å². The monoisotopic (exact) mass is 304 g/mol. The summed E-state index contributed by atoms with van der Waals surface area (Å²) in [5, 5.41) is 2.89. The summed E-state index contributed by atoms with van der Waals surface area (Å²) in [6, 6.07) is 7.03. The Morgan fingerprint density at radius 3 is 2.50 bits per heavy atom. The quantitative estimate of drug-likeness (QED) is 0.768. The van der Waals surface area contributed by atoms with E-state index < -0.39 is 0 Å². The Balaban J connectivity index is 1.63. The molecule has 1 saturated carbocycles. The zero-order chi connectivity index (χ0) is 15.8. The molecule has 1 aromatic carbocycles. The minimum Gasteiger partial charge on any atom is -0.484 e. The molecule has 0 heterocycles. The van der Waals surface area contributed by atoms with Crippen LogP contribution in [0.15, 0.2) is 24.3 Å². The lowest BCUT2D eigenvalue weighted by atomic mass is 10.0. The van der Waals surface area contributed by atoms with Crippen molar-refractivity contribution < 1.29 is 14.3 Å². The predicted molar refractivity (Wildman–Crippen MR) is 84.4 cm³/mol. The molecule has 2 amide bonds. The van der Waals surface area contributed by atoms with E-state index in [1.807, 2.05) is 0 Å². The van der Waals surface area contributed by atoms with Gasteiger partial charge in [-0.3, -0.25) is 9.59 Å². The fraction of sp³-hybridized carbons (Fsp3) is 0.529. The van der Waals surface area contributed by atoms with Crippen molar-refractivity contribution in [3.63, 3.8) is 0 Å². The van der Waals surface area contributed by atoms with Crippen LogP contribution in [-0.4, -0.2) is 25.0 Å². The third-order valence-electron chi connectivity index (χ3n) is 4.02. The highest BCUT2D eigenvalue weighted by Gasteiger charge is 2.14. The fourth-order valence-corrected chi connectivity index (χ4v) is 2.82. The highest BCUT2D eigenvalue weighted by molar-refractivity contribution is 5.77. The van der Waals surface area contributed by atoms with E-state index in [0.717, 1.165) is 24.4 Å². The summed E-state index contributed by atoms with van der Waals surface area (Å²) in [7, 11) is 0. The predicted octanol–water partition coefficient (Wildman–Crippen LogP) is 1.79. The number of nitrogens with one attached hydrogen (secondary N) is 1. The molecule has 0 bridgehead atoms. The summed E-state index contributed by atoms with van der Waals surface area (Å²) in [4.78, 5) is 22.5. The largest absolute Gasteiger partial charge is 0.484 e. The van der Waals surface area contributed by atoms with E-state index in [1.165, 1.54) is 25.7 Å². The first-order valence-corrected chi connectivity index (χ1v) is 7.90. The molecule has 0 spiro atoms. The highest BCUT2D eigenvalue weighted by Crippen LogP contribution is 2.26. The van der Waals surface area contributed by atoms with Crippen molar-refractivity contribution in [3.8, 4) is 5.75 Å². The van der Waals surface area contributed by atoms with Gasteiger partial charge in [0.15, 0.2) is 6.61 Å². The number of primary amides is 1. The summed E-state index contributed by atoms with van der Waals surface area (Å²) < 4.78 is 5.42. The number of carbonyl (C=O) groups is 2. The second kappa shape index (κ2) is 8.41. The van der Waals surface area contributed by atoms with Gasteiger partial charge in [0.05, 0.1) is 6.42 Å². The molecule has 1 aromatic rings. The average Bonchev–Trinajstić information content (AvgIpc) is 2.99. The van der Waals surface area contributed by atoms with Crippen LogP contribution >= 0.6 is 0 Å². The molecule has 0 atom stereocenters. The van der Waals surface area contributed by atoms with Crippen molar-refractivity contribution >= 4 is 11.8 Å². The Bertz CT molecular complexity index is 493.